The van der Waals surface area contributed by atoms with Crippen LogP contribution in [0.5, 0.6) is 0 Å². The van der Waals surface area contributed by atoms with Crippen molar-refractivity contribution in [2.45, 2.75) is 0 Å². The number of Topliss-reactive ketones (excluding diaryl/α,β-unsaturated/α-hetero) is 2. The van der Waals surface area contributed by atoms with Gasteiger partial charge in [0.2, 0.25) is 0 Å². The van der Waals surface area contributed by atoms with Crippen LogP contribution in [-0.4, -0.2) is 36.0 Å². The molecular weight excluding hydrogens is 441 g/mol. The van der Waals surface area contributed by atoms with Crippen molar-refractivity contribution in [1.82, 2.24) is 9.97 Å². The summed E-state index contributed by atoms with van der Waals surface area (Å²) in [6, 6.07) is 22.6. The van der Waals surface area contributed by atoms with E-state index >= 15 is 0 Å². The van der Waals surface area contributed by atoms with Crippen LogP contribution in [0.15, 0.2) is 90.8 Å². The second-order valence-electron chi connectivity index (χ2n) is 6.66. The molecule has 1 aliphatic carbocycles. The van der Waals surface area contributed by atoms with E-state index in [4.69, 9.17) is 0 Å². The summed E-state index contributed by atoms with van der Waals surface area (Å²) in [5, 5.41) is 0. The standard InChI is InChI=1S/C24H15N3O2Se/c28-22-18-9-4-5-10-19(18)23(29)20(22)15-17-11-12-21(30-17)27(16-7-2-1-3-8-16)24-25-13-6-14-26-24/h1-15H. The Hall–Kier alpha value is -3.60. The van der Waals surface area contributed by atoms with Crippen LogP contribution < -0.4 is 4.90 Å². The number of rotatable bonds is 4. The van der Waals surface area contributed by atoms with E-state index in [9.17, 15) is 9.59 Å². The number of nitrogens with zero attached hydrogens (tertiary/aromatic N) is 3. The molecule has 6 heteroatoms. The topological polar surface area (TPSA) is 63.2 Å². The molecule has 0 N–H and O–H groups in total. The Morgan fingerprint density at radius 1 is 0.733 bits per heavy atom. The molecule has 4 aromatic rings. The summed E-state index contributed by atoms with van der Waals surface area (Å²) in [7, 11) is 0. The molecule has 0 saturated heterocycles. The van der Waals surface area contributed by atoms with E-state index in [0.717, 1.165) is 14.7 Å². The fourth-order valence-electron chi connectivity index (χ4n) is 3.41. The molecule has 0 bridgehead atoms. The summed E-state index contributed by atoms with van der Waals surface area (Å²) in [6.45, 7) is 0. The number of benzene rings is 2. The average molecular weight is 456 g/mol. The van der Waals surface area contributed by atoms with Crippen molar-refractivity contribution >= 4 is 48.3 Å². The molecule has 0 amide bonds. The Labute approximate surface area is 179 Å². The molecule has 0 atom stereocenters. The van der Waals surface area contributed by atoms with Crippen LogP contribution in [0.2, 0.25) is 0 Å². The zero-order chi connectivity index (χ0) is 20.5. The Kier molecular flexibility index (Phi) is 4.71. The molecule has 0 unspecified atom stereocenters. The third kappa shape index (κ3) is 3.22. The van der Waals surface area contributed by atoms with E-state index in [0.29, 0.717) is 17.1 Å². The quantitative estimate of drug-likeness (QED) is 0.258. The third-order valence-electron chi connectivity index (χ3n) is 4.79. The number of hydrogen-bond donors (Lipinski definition) is 0. The summed E-state index contributed by atoms with van der Waals surface area (Å²) < 4.78 is 1.99. The molecule has 5 rings (SSSR count). The van der Waals surface area contributed by atoms with Crippen LogP contribution in [-0.2, 0) is 0 Å². The van der Waals surface area contributed by atoms with Gasteiger partial charge in [-0.25, -0.2) is 0 Å². The van der Waals surface area contributed by atoms with Crippen molar-refractivity contribution in [1.29, 1.82) is 0 Å². The number of carbonyl (C=O) groups is 2. The van der Waals surface area contributed by atoms with Crippen molar-refractivity contribution in [2.75, 3.05) is 4.90 Å². The van der Waals surface area contributed by atoms with Gasteiger partial charge in [0.25, 0.3) is 0 Å². The van der Waals surface area contributed by atoms with Crippen molar-refractivity contribution < 1.29 is 9.59 Å². The minimum absolute atomic E-state index is 0.114. The molecule has 1 aliphatic rings. The first-order chi connectivity index (χ1) is 14.7. The second-order valence-corrected chi connectivity index (χ2v) is 8.95. The van der Waals surface area contributed by atoms with Crippen LogP contribution in [0.25, 0.3) is 6.08 Å². The summed E-state index contributed by atoms with van der Waals surface area (Å²) in [6.07, 6.45) is 5.16. The summed E-state index contributed by atoms with van der Waals surface area (Å²) in [5.41, 5.74) is 2.16. The zero-order valence-corrected chi connectivity index (χ0v) is 17.4. The Morgan fingerprint density at radius 3 is 2.03 bits per heavy atom. The van der Waals surface area contributed by atoms with E-state index in [1.54, 1.807) is 48.8 Å². The molecule has 0 spiro atoms. The number of carbonyl (C=O) groups excluding carboxylic acids is 2. The summed E-state index contributed by atoms with van der Waals surface area (Å²) >= 11 is -0.114. The number of fused-ring (bicyclic) bond motifs is 1. The van der Waals surface area contributed by atoms with Gasteiger partial charge in [-0.05, 0) is 0 Å². The molecule has 2 aromatic carbocycles. The molecule has 5 nitrogen and oxygen atoms in total. The van der Waals surface area contributed by atoms with Gasteiger partial charge in [-0.1, -0.05) is 0 Å². The summed E-state index contributed by atoms with van der Waals surface area (Å²) in [5.74, 6) is 0.179. The van der Waals surface area contributed by atoms with Gasteiger partial charge in [-0.3, -0.25) is 0 Å². The monoisotopic (exact) mass is 457 g/mol. The maximum absolute atomic E-state index is 12.7. The Bertz CT molecular complexity index is 1200. The van der Waals surface area contributed by atoms with Crippen LogP contribution in [0, 0.1) is 0 Å². The van der Waals surface area contributed by atoms with E-state index in [-0.39, 0.29) is 31.6 Å². The van der Waals surface area contributed by atoms with Crippen LogP contribution >= 0.6 is 0 Å². The molecule has 0 saturated carbocycles. The van der Waals surface area contributed by atoms with E-state index < -0.39 is 0 Å². The number of anilines is 3. The second kappa shape index (κ2) is 7.67. The first-order valence-electron chi connectivity index (χ1n) is 9.34. The molecular formula is C24H15N3O2Se. The van der Waals surface area contributed by atoms with Crippen molar-refractivity contribution in [3.8, 4) is 0 Å². The first-order valence-corrected chi connectivity index (χ1v) is 11.1. The first kappa shape index (κ1) is 18.4. The number of aromatic nitrogens is 2. The third-order valence-corrected chi connectivity index (χ3v) is 6.93. The molecule has 0 aliphatic heterocycles. The van der Waals surface area contributed by atoms with Crippen molar-refractivity contribution in [2.24, 2.45) is 0 Å². The molecule has 0 fully saturated rings. The van der Waals surface area contributed by atoms with Crippen LogP contribution in [0.4, 0.5) is 16.2 Å². The Morgan fingerprint density at radius 2 is 1.37 bits per heavy atom. The number of ketones is 2. The molecule has 0 radical (unpaired) electrons. The predicted octanol–water partition coefficient (Wildman–Crippen LogP) is 4.47. The SMILES string of the molecule is O=C1C(=Cc2ccc(N(c3ccccc3)c3ncccn3)[se]2)C(=O)c2ccccc21. The number of hydrogen-bond acceptors (Lipinski definition) is 5. The summed E-state index contributed by atoms with van der Waals surface area (Å²) in [4.78, 5) is 36.2. The van der Waals surface area contributed by atoms with Gasteiger partial charge in [0, 0.05) is 0 Å². The molecule has 2 heterocycles. The van der Waals surface area contributed by atoms with Gasteiger partial charge < -0.3 is 0 Å². The van der Waals surface area contributed by atoms with Crippen molar-refractivity contribution in [3.05, 3.63) is 106 Å². The molecule has 2 aromatic heterocycles. The van der Waals surface area contributed by atoms with Gasteiger partial charge in [0.15, 0.2) is 0 Å². The predicted molar refractivity (Wildman–Crippen MR) is 117 cm³/mol. The maximum atomic E-state index is 12.7. The zero-order valence-electron chi connectivity index (χ0n) is 15.7. The van der Waals surface area contributed by atoms with Gasteiger partial charge >= 0.3 is 179 Å². The van der Waals surface area contributed by atoms with Crippen molar-refractivity contribution in [3.63, 3.8) is 0 Å². The average Bonchev–Trinajstić information content (AvgIpc) is 3.35. The minimum atomic E-state index is -0.202. The fraction of sp³-hybridized carbons (Fsp3) is 0. The molecule has 144 valence electrons. The van der Waals surface area contributed by atoms with Gasteiger partial charge in [0.05, 0.1) is 0 Å². The normalized spacial score (nSPS) is 12.7. The van der Waals surface area contributed by atoms with Gasteiger partial charge in [-0.15, -0.1) is 0 Å². The van der Waals surface area contributed by atoms with E-state index in [1.807, 2.05) is 47.4 Å². The van der Waals surface area contributed by atoms with Gasteiger partial charge in [0.1, 0.15) is 0 Å². The van der Waals surface area contributed by atoms with Gasteiger partial charge in [-0.2, -0.15) is 0 Å². The van der Waals surface area contributed by atoms with E-state index in [1.165, 1.54) is 0 Å². The molecule has 30 heavy (non-hydrogen) atoms. The number of para-hydroxylation sites is 1. The Balaban J connectivity index is 1.54. The van der Waals surface area contributed by atoms with Crippen LogP contribution in [0.1, 0.15) is 25.2 Å². The number of allylic oxidation sites excluding steroid dienone is 1. The van der Waals surface area contributed by atoms with E-state index in [2.05, 4.69) is 9.97 Å². The van der Waals surface area contributed by atoms with Crippen LogP contribution in [0.3, 0.4) is 0 Å². The fourth-order valence-corrected chi connectivity index (χ4v) is 5.44.